The van der Waals surface area contributed by atoms with E-state index in [1.165, 1.54) is 0 Å². The Morgan fingerprint density at radius 1 is 1.09 bits per heavy atom. The van der Waals surface area contributed by atoms with Crippen LogP contribution in [0.15, 0.2) is 48.5 Å². The van der Waals surface area contributed by atoms with E-state index in [0.29, 0.717) is 22.2 Å². The Hall–Kier alpha value is -2.04. The molecule has 1 atom stereocenters. The molecule has 6 heteroatoms. The normalized spacial score (nSPS) is 17.4. The Morgan fingerprint density at radius 3 is 2.48 bits per heavy atom. The molecule has 1 heterocycles. The number of rotatable bonds is 3. The molecule has 1 fully saturated rings. The van der Waals surface area contributed by atoms with Gasteiger partial charge in [0, 0.05) is 23.7 Å². The molecule has 0 radical (unpaired) electrons. The number of hydrogen-bond acceptors (Lipinski definition) is 2. The highest BCUT2D eigenvalue weighted by Crippen LogP contribution is 2.24. The number of benzene rings is 2. The van der Waals surface area contributed by atoms with Crippen LogP contribution in [0.5, 0.6) is 0 Å². The van der Waals surface area contributed by atoms with E-state index in [0.717, 1.165) is 5.69 Å². The lowest BCUT2D eigenvalue weighted by Crippen LogP contribution is -2.37. The van der Waals surface area contributed by atoms with Crippen LogP contribution < -0.4 is 10.2 Å². The van der Waals surface area contributed by atoms with Crippen molar-refractivity contribution in [1.29, 1.82) is 0 Å². The van der Waals surface area contributed by atoms with Crippen LogP contribution in [-0.4, -0.2) is 24.4 Å². The second-order valence-electron chi connectivity index (χ2n) is 5.34. The van der Waals surface area contributed by atoms with Gasteiger partial charge in [0.2, 0.25) is 5.91 Å². The van der Waals surface area contributed by atoms with Crippen LogP contribution >= 0.6 is 23.2 Å². The fraction of sp³-hybridized carbons (Fsp3) is 0.176. The predicted molar refractivity (Wildman–Crippen MR) is 91.1 cm³/mol. The standard InChI is InChI=1S/C17H14Cl2N2O2/c18-11-5-7-13(8-6-11)21-10-12(9-16(21)22)20-17(23)14-3-1-2-4-15(14)19/h1-8,12H,9-10H2,(H,20,23)/t12-/m1/s1. The van der Waals surface area contributed by atoms with Gasteiger partial charge in [-0.3, -0.25) is 9.59 Å². The maximum atomic E-state index is 12.3. The van der Waals surface area contributed by atoms with Crippen molar-refractivity contribution in [3.63, 3.8) is 0 Å². The number of carbonyl (C=O) groups is 2. The first kappa shape index (κ1) is 15.8. The van der Waals surface area contributed by atoms with Crippen molar-refractivity contribution < 1.29 is 9.59 Å². The van der Waals surface area contributed by atoms with Gasteiger partial charge in [0.25, 0.3) is 5.91 Å². The number of halogens is 2. The van der Waals surface area contributed by atoms with E-state index in [4.69, 9.17) is 23.2 Å². The second kappa shape index (κ2) is 6.60. The summed E-state index contributed by atoms with van der Waals surface area (Å²) in [6.45, 7) is 0.427. The number of anilines is 1. The van der Waals surface area contributed by atoms with Crippen LogP contribution in [0, 0.1) is 0 Å². The summed E-state index contributed by atoms with van der Waals surface area (Å²) in [5, 5.41) is 3.87. The maximum Gasteiger partial charge on any atom is 0.253 e. The SMILES string of the molecule is O=C(N[C@@H]1CC(=O)N(c2ccc(Cl)cc2)C1)c1ccccc1Cl. The molecule has 0 aromatic heterocycles. The summed E-state index contributed by atoms with van der Waals surface area (Å²) in [4.78, 5) is 26.1. The van der Waals surface area contributed by atoms with Crippen LogP contribution in [0.1, 0.15) is 16.8 Å². The number of nitrogens with zero attached hydrogens (tertiary/aromatic N) is 1. The smallest absolute Gasteiger partial charge is 0.253 e. The lowest BCUT2D eigenvalue weighted by atomic mass is 10.2. The maximum absolute atomic E-state index is 12.3. The van der Waals surface area contributed by atoms with Crippen LogP contribution in [0.3, 0.4) is 0 Å². The molecule has 0 saturated carbocycles. The summed E-state index contributed by atoms with van der Waals surface area (Å²) in [6, 6.07) is 13.6. The number of nitrogens with one attached hydrogen (secondary N) is 1. The number of amides is 2. The molecule has 23 heavy (non-hydrogen) atoms. The topological polar surface area (TPSA) is 49.4 Å². The van der Waals surface area contributed by atoms with Gasteiger partial charge in [-0.05, 0) is 36.4 Å². The Morgan fingerprint density at radius 2 is 1.78 bits per heavy atom. The minimum atomic E-state index is -0.272. The molecule has 118 valence electrons. The van der Waals surface area contributed by atoms with E-state index < -0.39 is 0 Å². The van der Waals surface area contributed by atoms with Gasteiger partial charge < -0.3 is 10.2 Å². The average Bonchev–Trinajstić information content (AvgIpc) is 2.89. The van der Waals surface area contributed by atoms with Crippen molar-refractivity contribution in [3.8, 4) is 0 Å². The van der Waals surface area contributed by atoms with E-state index in [9.17, 15) is 9.59 Å². The minimum absolute atomic E-state index is 0.0308. The first-order valence-electron chi connectivity index (χ1n) is 7.16. The van der Waals surface area contributed by atoms with Crippen molar-refractivity contribution in [3.05, 3.63) is 64.1 Å². The van der Waals surface area contributed by atoms with Crippen molar-refractivity contribution in [2.75, 3.05) is 11.4 Å². The highest BCUT2D eigenvalue weighted by molar-refractivity contribution is 6.33. The summed E-state index contributed by atoms with van der Waals surface area (Å²) >= 11 is 11.9. The summed E-state index contributed by atoms with van der Waals surface area (Å²) in [5.74, 6) is -0.303. The molecular formula is C17H14Cl2N2O2. The van der Waals surface area contributed by atoms with Crippen LogP contribution in [0.4, 0.5) is 5.69 Å². The lowest BCUT2D eigenvalue weighted by molar-refractivity contribution is -0.117. The largest absolute Gasteiger partial charge is 0.347 e. The zero-order chi connectivity index (χ0) is 16.4. The third kappa shape index (κ3) is 3.49. The predicted octanol–water partition coefficient (Wildman–Crippen LogP) is 3.53. The Labute approximate surface area is 144 Å². The van der Waals surface area contributed by atoms with Crippen molar-refractivity contribution >= 4 is 40.7 Å². The van der Waals surface area contributed by atoms with Gasteiger partial charge >= 0.3 is 0 Å². The molecule has 2 aromatic carbocycles. The first-order chi connectivity index (χ1) is 11.0. The molecule has 4 nitrogen and oxygen atoms in total. The molecule has 0 aliphatic carbocycles. The molecule has 1 N–H and O–H groups in total. The van der Waals surface area contributed by atoms with Crippen molar-refractivity contribution in [2.45, 2.75) is 12.5 Å². The van der Waals surface area contributed by atoms with E-state index in [2.05, 4.69) is 5.32 Å². The average molecular weight is 349 g/mol. The van der Waals surface area contributed by atoms with Gasteiger partial charge in [-0.2, -0.15) is 0 Å². The van der Waals surface area contributed by atoms with Crippen molar-refractivity contribution in [1.82, 2.24) is 5.32 Å². The van der Waals surface area contributed by atoms with Crippen LogP contribution in [0.25, 0.3) is 0 Å². The summed E-state index contributed by atoms with van der Waals surface area (Å²) in [6.07, 6.45) is 0.263. The van der Waals surface area contributed by atoms with Gasteiger partial charge in [-0.25, -0.2) is 0 Å². The van der Waals surface area contributed by atoms with Gasteiger partial charge in [0.15, 0.2) is 0 Å². The summed E-state index contributed by atoms with van der Waals surface area (Å²) < 4.78 is 0. The highest BCUT2D eigenvalue weighted by atomic mass is 35.5. The Bertz CT molecular complexity index is 747. The quantitative estimate of drug-likeness (QED) is 0.922. The van der Waals surface area contributed by atoms with Crippen LogP contribution in [0.2, 0.25) is 10.0 Å². The summed E-state index contributed by atoms with van der Waals surface area (Å²) in [5.41, 5.74) is 1.18. The zero-order valence-corrected chi connectivity index (χ0v) is 13.6. The second-order valence-corrected chi connectivity index (χ2v) is 6.18. The molecule has 1 aliphatic heterocycles. The Balaban J connectivity index is 1.69. The lowest BCUT2D eigenvalue weighted by Gasteiger charge is -2.17. The third-order valence-electron chi connectivity index (χ3n) is 3.72. The fourth-order valence-corrected chi connectivity index (χ4v) is 2.93. The Kier molecular flexibility index (Phi) is 4.55. The van der Waals surface area contributed by atoms with E-state index in [-0.39, 0.29) is 24.3 Å². The molecule has 0 bridgehead atoms. The highest BCUT2D eigenvalue weighted by Gasteiger charge is 2.31. The molecule has 2 aromatic rings. The zero-order valence-electron chi connectivity index (χ0n) is 12.1. The monoisotopic (exact) mass is 348 g/mol. The molecule has 2 amide bonds. The fourth-order valence-electron chi connectivity index (χ4n) is 2.58. The van der Waals surface area contributed by atoms with Crippen LogP contribution in [-0.2, 0) is 4.79 Å². The van der Waals surface area contributed by atoms with E-state index in [1.54, 1.807) is 53.4 Å². The molecule has 3 rings (SSSR count). The first-order valence-corrected chi connectivity index (χ1v) is 7.91. The molecule has 0 spiro atoms. The minimum Gasteiger partial charge on any atom is -0.347 e. The van der Waals surface area contributed by atoms with Gasteiger partial charge in [-0.1, -0.05) is 35.3 Å². The number of carbonyl (C=O) groups excluding carboxylic acids is 2. The van der Waals surface area contributed by atoms with Gasteiger partial charge in [0.1, 0.15) is 0 Å². The third-order valence-corrected chi connectivity index (χ3v) is 4.30. The molecular weight excluding hydrogens is 335 g/mol. The van der Waals surface area contributed by atoms with E-state index in [1.807, 2.05) is 0 Å². The molecule has 1 aliphatic rings. The molecule has 1 saturated heterocycles. The van der Waals surface area contributed by atoms with E-state index >= 15 is 0 Å². The van der Waals surface area contributed by atoms with Crippen molar-refractivity contribution in [2.24, 2.45) is 0 Å². The van der Waals surface area contributed by atoms with Gasteiger partial charge in [-0.15, -0.1) is 0 Å². The number of hydrogen-bond donors (Lipinski definition) is 1. The van der Waals surface area contributed by atoms with Gasteiger partial charge in [0.05, 0.1) is 16.6 Å². The molecule has 0 unspecified atom stereocenters. The summed E-state index contributed by atoms with van der Waals surface area (Å²) in [7, 11) is 0.